The Labute approximate surface area is 86.9 Å². The number of Topliss-reactive ketones (excluding diaryl/α,β-unsaturated/α-hetero) is 1. The standard InChI is InChI=1S/C10H8ClNO2/c1-14-9-5-7(4-8(11)6-9)10(13)2-3-12/h4-6H,2H2,1H3. The molecule has 0 saturated heterocycles. The van der Waals surface area contributed by atoms with Gasteiger partial charge in [0.05, 0.1) is 19.6 Å². The number of carbonyl (C=O) groups excluding carboxylic acids is 1. The van der Waals surface area contributed by atoms with E-state index < -0.39 is 0 Å². The summed E-state index contributed by atoms with van der Waals surface area (Å²) in [6, 6.07) is 6.47. The quantitative estimate of drug-likeness (QED) is 0.719. The Hall–Kier alpha value is -1.53. The smallest absolute Gasteiger partial charge is 0.177 e. The van der Waals surface area contributed by atoms with Gasteiger partial charge in [0.2, 0.25) is 0 Å². The molecule has 0 heterocycles. The fourth-order valence-electron chi connectivity index (χ4n) is 1.02. The van der Waals surface area contributed by atoms with E-state index in [1.165, 1.54) is 13.2 Å². The highest BCUT2D eigenvalue weighted by Crippen LogP contribution is 2.21. The second kappa shape index (κ2) is 4.64. The zero-order valence-electron chi connectivity index (χ0n) is 7.58. The van der Waals surface area contributed by atoms with Crippen molar-refractivity contribution in [1.29, 1.82) is 5.26 Å². The Morgan fingerprint density at radius 1 is 1.57 bits per heavy atom. The molecule has 3 nitrogen and oxygen atoms in total. The van der Waals surface area contributed by atoms with Crippen molar-refractivity contribution in [3.05, 3.63) is 28.8 Å². The highest BCUT2D eigenvalue weighted by molar-refractivity contribution is 6.31. The zero-order valence-corrected chi connectivity index (χ0v) is 8.34. The number of carbonyl (C=O) groups is 1. The number of nitriles is 1. The summed E-state index contributed by atoms with van der Waals surface area (Å²) in [6.07, 6.45) is -0.149. The zero-order chi connectivity index (χ0) is 10.6. The largest absolute Gasteiger partial charge is 0.497 e. The van der Waals surface area contributed by atoms with Gasteiger partial charge >= 0.3 is 0 Å². The van der Waals surface area contributed by atoms with Gasteiger partial charge in [0.15, 0.2) is 5.78 Å². The second-order valence-electron chi connectivity index (χ2n) is 2.64. The number of benzene rings is 1. The third-order valence-electron chi connectivity index (χ3n) is 1.67. The van der Waals surface area contributed by atoms with E-state index in [0.717, 1.165) is 0 Å². The maximum absolute atomic E-state index is 11.3. The van der Waals surface area contributed by atoms with E-state index in [9.17, 15) is 4.79 Å². The van der Waals surface area contributed by atoms with Crippen LogP contribution in [0.25, 0.3) is 0 Å². The first kappa shape index (κ1) is 10.6. The minimum Gasteiger partial charge on any atom is -0.497 e. The Kier molecular flexibility index (Phi) is 3.49. The summed E-state index contributed by atoms with van der Waals surface area (Å²) in [6.45, 7) is 0. The van der Waals surface area contributed by atoms with Gasteiger partial charge in [-0.3, -0.25) is 4.79 Å². The van der Waals surface area contributed by atoms with Gasteiger partial charge in [-0.2, -0.15) is 5.26 Å². The summed E-state index contributed by atoms with van der Waals surface area (Å²) >= 11 is 5.76. The summed E-state index contributed by atoms with van der Waals surface area (Å²) in [5.74, 6) is 0.257. The lowest BCUT2D eigenvalue weighted by Gasteiger charge is -2.03. The van der Waals surface area contributed by atoms with E-state index in [1.54, 1.807) is 18.2 Å². The van der Waals surface area contributed by atoms with Crippen LogP contribution in [0.2, 0.25) is 5.02 Å². The molecule has 14 heavy (non-hydrogen) atoms. The second-order valence-corrected chi connectivity index (χ2v) is 3.07. The van der Waals surface area contributed by atoms with E-state index in [4.69, 9.17) is 21.6 Å². The molecule has 72 valence electrons. The summed E-state index contributed by atoms with van der Waals surface area (Å²) in [7, 11) is 1.49. The van der Waals surface area contributed by atoms with Gasteiger partial charge in [0.1, 0.15) is 5.75 Å². The number of nitrogens with zero attached hydrogens (tertiary/aromatic N) is 1. The lowest BCUT2D eigenvalue weighted by atomic mass is 10.1. The average Bonchev–Trinajstić information content (AvgIpc) is 2.17. The fraction of sp³-hybridized carbons (Fsp3) is 0.200. The Morgan fingerprint density at radius 3 is 2.86 bits per heavy atom. The molecule has 0 unspecified atom stereocenters. The molecule has 4 heteroatoms. The maximum Gasteiger partial charge on any atom is 0.177 e. The van der Waals surface area contributed by atoms with Gasteiger partial charge < -0.3 is 4.74 Å². The molecule has 0 fully saturated rings. The van der Waals surface area contributed by atoms with Crippen LogP contribution in [0.4, 0.5) is 0 Å². The molecule has 0 aromatic heterocycles. The van der Waals surface area contributed by atoms with E-state index >= 15 is 0 Å². The van der Waals surface area contributed by atoms with Crippen LogP contribution in [-0.4, -0.2) is 12.9 Å². The van der Waals surface area contributed by atoms with Crippen molar-refractivity contribution < 1.29 is 9.53 Å². The Morgan fingerprint density at radius 2 is 2.29 bits per heavy atom. The van der Waals surface area contributed by atoms with Crippen molar-refractivity contribution in [1.82, 2.24) is 0 Å². The molecule has 0 aliphatic heterocycles. The van der Waals surface area contributed by atoms with Crippen LogP contribution in [0.5, 0.6) is 5.75 Å². The van der Waals surface area contributed by atoms with Gasteiger partial charge in [-0.25, -0.2) is 0 Å². The SMILES string of the molecule is COc1cc(Cl)cc(C(=O)CC#N)c1. The molecule has 0 spiro atoms. The molecule has 1 aromatic carbocycles. The molecule has 0 bridgehead atoms. The lowest BCUT2D eigenvalue weighted by molar-refractivity contribution is 0.0997. The number of methoxy groups -OCH3 is 1. The van der Waals surface area contributed by atoms with E-state index in [-0.39, 0.29) is 12.2 Å². The third kappa shape index (κ3) is 2.48. The van der Waals surface area contributed by atoms with Crippen molar-refractivity contribution in [2.24, 2.45) is 0 Å². The highest BCUT2D eigenvalue weighted by Gasteiger charge is 2.07. The number of hydrogen-bond donors (Lipinski definition) is 0. The molecule has 0 aliphatic rings. The molecule has 0 N–H and O–H groups in total. The monoisotopic (exact) mass is 209 g/mol. The van der Waals surface area contributed by atoms with Crippen LogP contribution in [-0.2, 0) is 0 Å². The van der Waals surface area contributed by atoms with Crippen molar-refractivity contribution in [2.75, 3.05) is 7.11 Å². The molecule has 1 rings (SSSR count). The molecule has 1 aromatic rings. The van der Waals surface area contributed by atoms with Crippen LogP contribution in [0.1, 0.15) is 16.8 Å². The predicted octanol–water partition coefficient (Wildman–Crippen LogP) is 2.44. The minimum atomic E-state index is -0.256. The fourth-order valence-corrected chi connectivity index (χ4v) is 1.24. The Bertz CT molecular complexity index is 396. The van der Waals surface area contributed by atoms with Gasteiger partial charge in [0, 0.05) is 10.6 Å². The van der Waals surface area contributed by atoms with Crippen LogP contribution in [0.3, 0.4) is 0 Å². The summed E-state index contributed by atoms with van der Waals surface area (Å²) < 4.78 is 4.94. The number of ketones is 1. The number of halogens is 1. The van der Waals surface area contributed by atoms with Crippen LogP contribution in [0, 0.1) is 11.3 Å². The summed E-state index contributed by atoms with van der Waals surface area (Å²) in [4.78, 5) is 11.3. The predicted molar refractivity (Wildman–Crippen MR) is 52.6 cm³/mol. The van der Waals surface area contributed by atoms with E-state index in [1.807, 2.05) is 0 Å². The minimum absolute atomic E-state index is 0.149. The van der Waals surface area contributed by atoms with Gasteiger partial charge in [-0.15, -0.1) is 0 Å². The van der Waals surface area contributed by atoms with Crippen LogP contribution < -0.4 is 4.74 Å². The first-order chi connectivity index (χ1) is 6.67. The maximum atomic E-state index is 11.3. The average molecular weight is 210 g/mol. The Balaban J connectivity index is 3.04. The number of ether oxygens (including phenoxy) is 1. The van der Waals surface area contributed by atoms with E-state index in [2.05, 4.69) is 0 Å². The summed E-state index contributed by atoms with van der Waals surface area (Å²) in [5.41, 5.74) is 0.399. The van der Waals surface area contributed by atoms with E-state index in [0.29, 0.717) is 16.3 Å². The van der Waals surface area contributed by atoms with Crippen molar-refractivity contribution >= 4 is 17.4 Å². The van der Waals surface area contributed by atoms with Crippen LogP contribution >= 0.6 is 11.6 Å². The molecule has 0 atom stereocenters. The highest BCUT2D eigenvalue weighted by atomic mass is 35.5. The molecule has 0 saturated carbocycles. The normalized spacial score (nSPS) is 9.21. The lowest BCUT2D eigenvalue weighted by Crippen LogP contribution is -1.98. The van der Waals surface area contributed by atoms with Crippen molar-refractivity contribution in [2.45, 2.75) is 6.42 Å². The van der Waals surface area contributed by atoms with Gasteiger partial charge in [0.25, 0.3) is 0 Å². The molecule has 0 radical (unpaired) electrons. The molecular weight excluding hydrogens is 202 g/mol. The molecule has 0 aliphatic carbocycles. The topological polar surface area (TPSA) is 50.1 Å². The third-order valence-corrected chi connectivity index (χ3v) is 1.89. The summed E-state index contributed by atoms with van der Waals surface area (Å²) in [5, 5.41) is 8.78. The number of hydrogen-bond acceptors (Lipinski definition) is 3. The first-order valence-electron chi connectivity index (χ1n) is 3.92. The van der Waals surface area contributed by atoms with Crippen molar-refractivity contribution in [3.8, 4) is 11.8 Å². The molecular formula is C10H8ClNO2. The van der Waals surface area contributed by atoms with Crippen molar-refractivity contribution in [3.63, 3.8) is 0 Å². The molecule has 0 amide bonds. The van der Waals surface area contributed by atoms with Crippen LogP contribution in [0.15, 0.2) is 18.2 Å². The first-order valence-corrected chi connectivity index (χ1v) is 4.30. The van der Waals surface area contributed by atoms with Gasteiger partial charge in [-0.05, 0) is 18.2 Å². The van der Waals surface area contributed by atoms with Gasteiger partial charge in [-0.1, -0.05) is 11.6 Å². The number of rotatable bonds is 3.